The number of nitrogens with one attached hydrogen (secondary N) is 1. The lowest BCUT2D eigenvalue weighted by Crippen LogP contribution is -2.15. The van der Waals surface area contributed by atoms with Crippen molar-refractivity contribution < 1.29 is 17.9 Å². The molecule has 1 aromatic carbocycles. The van der Waals surface area contributed by atoms with Gasteiger partial charge in [-0.15, -0.1) is 12.3 Å². The highest BCUT2D eigenvalue weighted by atomic mass is 32.2. The molecule has 1 rings (SSSR count). The Labute approximate surface area is 112 Å². The van der Waals surface area contributed by atoms with Crippen LogP contribution >= 0.6 is 0 Å². The predicted molar refractivity (Wildman–Crippen MR) is 71.1 cm³/mol. The summed E-state index contributed by atoms with van der Waals surface area (Å²) < 4.78 is 27.7. The van der Waals surface area contributed by atoms with Crippen LogP contribution in [0.5, 0.6) is 5.75 Å². The summed E-state index contributed by atoms with van der Waals surface area (Å²) in [6.45, 7) is 0. The Morgan fingerprint density at radius 2 is 2.21 bits per heavy atom. The first kappa shape index (κ1) is 15.0. The monoisotopic (exact) mass is 282 g/mol. The maximum atomic E-state index is 11.5. The average molecular weight is 282 g/mol. The quantitative estimate of drug-likeness (QED) is 0.776. The first-order valence-electron chi connectivity index (χ1n) is 5.32. The number of sulfonamides is 1. The van der Waals surface area contributed by atoms with Crippen LogP contribution in [0.1, 0.15) is 12.8 Å². The van der Waals surface area contributed by atoms with Crippen molar-refractivity contribution in [2.45, 2.75) is 17.7 Å². The molecule has 0 bridgehead atoms. The number of nitrogens with two attached hydrogens (primary N) is 1. The fourth-order valence-corrected chi connectivity index (χ4v) is 2.11. The summed E-state index contributed by atoms with van der Waals surface area (Å²) in [4.78, 5) is 11.3. The van der Waals surface area contributed by atoms with E-state index >= 15 is 0 Å². The van der Waals surface area contributed by atoms with Crippen molar-refractivity contribution in [1.29, 1.82) is 0 Å². The SMILES string of the molecule is C#CCCC(=O)Nc1ccc(OC)c(S(N)(=O)=O)c1. The molecule has 1 aromatic rings. The van der Waals surface area contributed by atoms with Crippen LogP contribution in [-0.2, 0) is 14.8 Å². The summed E-state index contributed by atoms with van der Waals surface area (Å²) in [6, 6.07) is 4.17. The second kappa shape index (κ2) is 6.22. The minimum atomic E-state index is -3.93. The Morgan fingerprint density at radius 1 is 1.53 bits per heavy atom. The van der Waals surface area contributed by atoms with Crippen LogP contribution in [0.15, 0.2) is 23.1 Å². The van der Waals surface area contributed by atoms with Crippen LogP contribution in [0.3, 0.4) is 0 Å². The van der Waals surface area contributed by atoms with Crippen LogP contribution in [-0.4, -0.2) is 21.4 Å². The molecule has 102 valence electrons. The Kier molecular flexibility index (Phi) is 4.92. The molecule has 0 saturated carbocycles. The summed E-state index contributed by atoms with van der Waals surface area (Å²) in [7, 11) is -2.60. The van der Waals surface area contributed by atoms with E-state index in [0.29, 0.717) is 12.1 Å². The molecule has 0 unspecified atom stereocenters. The molecular weight excluding hydrogens is 268 g/mol. The van der Waals surface area contributed by atoms with Gasteiger partial charge < -0.3 is 10.1 Å². The third kappa shape index (κ3) is 4.28. The van der Waals surface area contributed by atoms with Crippen molar-refractivity contribution in [2.75, 3.05) is 12.4 Å². The molecule has 0 fully saturated rings. The molecular formula is C12H14N2O4S. The van der Waals surface area contributed by atoms with Crippen molar-refractivity contribution in [3.8, 4) is 18.1 Å². The molecule has 0 aliphatic rings. The molecule has 0 aromatic heterocycles. The minimum absolute atomic E-state index is 0.115. The smallest absolute Gasteiger partial charge is 0.241 e. The lowest BCUT2D eigenvalue weighted by atomic mass is 10.2. The fourth-order valence-electron chi connectivity index (χ4n) is 1.39. The van der Waals surface area contributed by atoms with Gasteiger partial charge in [-0.3, -0.25) is 4.79 Å². The number of benzene rings is 1. The molecule has 3 N–H and O–H groups in total. The van der Waals surface area contributed by atoms with Gasteiger partial charge in [-0.1, -0.05) is 0 Å². The Morgan fingerprint density at radius 3 is 2.74 bits per heavy atom. The number of rotatable bonds is 5. The first-order valence-corrected chi connectivity index (χ1v) is 6.87. The molecule has 0 radical (unpaired) electrons. The maximum Gasteiger partial charge on any atom is 0.241 e. The zero-order valence-corrected chi connectivity index (χ0v) is 11.2. The maximum absolute atomic E-state index is 11.5. The van der Waals surface area contributed by atoms with E-state index in [1.807, 2.05) is 0 Å². The van der Waals surface area contributed by atoms with E-state index in [1.165, 1.54) is 25.3 Å². The number of anilines is 1. The molecule has 0 spiro atoms. The minimum Gasteiger partial charge on any atom is -0.495 e. The van der Waals surface area contributed by atoms with Crippen LogP contribution < -0.4 is 15.2 Å². The molecule has 0 atom stereocenters. The van der Waals surface area contributed by atoms with Crippen LogP contribution in [0.2, 0.25) is 0 Å². The third-order valence-electron chi connectivity index (χ3n) is 2.25. The van der Waals surface area contributed by atoms with Gasteiger partial charge in [-0.2, -0.15) is 0 Å². The average Bonchev–Trinajstić information content (AvgIpc) is 2.35. The topological polar surface area (TPSA) is 98.5 Å². The summed E-state index contributed by atoms with van der Waals surface area (Å²) >= 11 is 0. The van der Waals surface area contributed by atoms with Crippen molar-refractivity contribution in [1.82, 2.24) is 0 Å². The summed E-state index contributed by atoms with van der Waals surface area (Å²) in [6.07, 6.45) is 5.52. The van der Waals surface area contributed by atoms with E-state index in [1.54, 1.807) is 0 Å². The molecule has 1 amide bonds. The number of terminal acetylenes is 1. The van der Waals surface area contributed by atoms with Gasteiger partial charge in [0.15, 0.2) is 0 Å². The van der Waals surface area contributed by atoms with E-state index < -0.39 is 10.0 Å². The van der Waals surface area contributed by atoms with E-state index in [9.17, 15) is 13.2 Å². The van der Waals surface area contributed by atoms with Gasteiger partial charge in [0.1, 0.15) is 10.6 Å². The number of methoxy groups -OCH3 is 1. The van der Waals surface area contributed by atoms with Crippen molar-refractivity contribution in [3.05, 3.63) is 18.2 Å². The highest BCUT2D eigenvalue weighted by Crippen LogP contribution is 2.26. The number of primary sulfonamides is 1. The third-order valence-corrected chi connectivity index (χ3v) is 3.18. The van der Waals surface area contributed by atoms with E-state index in [2.05, 4.69) is 11.2 Å². The molecule has 6 nitrogen and oxygen atoms in total. The first-order chi connectivity index (χ1) is 8.88. The normalized spacial score (nSPS) is 10.6. The van der Waals surface area contributed by atoms with Gasteiger partial charge in [0.2, 0.25) is 15.9 Å². The van der Waals surface area contributed by atoms with E-state index in [-0.39, 0.29) is 23.0 Å². The van der Waals surface area contributed by atoms with Gasteiger partial charge in [0.05, 0.1) is 7.11 Å². The van der Waals surface area contributed by atoms with E-state index in [4.69, 9.17) is 16.3 Å². The van der Waals surface area contributed by atoms with Crippen molar-refractivity contribution >= 4 is 21.6 Å². The zero-order valence-electron chi connectivity index (χ0n) is 10.3. The van der Waals surface area contributed by atoms with Gasteiger partial charge >= 0.3 is 0 Å². The Hall–Kier alpha value is -2.04. The largest absolute Gasteiger partial charge is 0.495 e. The lowest BCUT2D eigenvalue weighted by molar-refractivity contribution is -0.116. The van der Waals surface area contributed by atoms with Gasteiger partial charge in [-0.05, 0) is 18.2 Å². The number of carbonyl (C=O) groups excluding carboxylic acids is 1. The highest BCUT2D eigenvalue weighted by Gasteiger charge is 2.16. The van der Waals surface area contributed by atoms with Crippen LogP contribution in [0.4, 0.5) is 5.69 Å². The standard InChI is InChI=1S/C12H14N2O4S/c1-3-4-5-12(15)14-9-6-7-10(18-2)11(8-9)19(13,16)17/h1,6-8H,4-5H2,2H3,(H,14,15)(H2,13,16,17). The number of hydrogen-bond donors (Lipinski definition) is 2. The number of hydrogen-bond acceptors (Lipinski definition) is 4. The van der Waals surface area contributed by atoms with Crippen LogP contribution in [0.25, 0.3) is 0 Å². The fraction of sp³-hybridized carbons (Fsp3) is 0.250. The zero-order chi connectivity index (χ0) is 14.5. The summed E-state index contributed by atoms with van der Waals surface area (Å²) in [5, 5.41) is 7.60. The summed E-state index contributed by atoms with van der Waals surface area (Å²) in [5.74, 6) is 2.15. The Bertz CT molecular complexity index is 617. The van der Waals surface area contributed by atoms with Crippen molar-refractivity contribution in [2.24, 2.45) is 5.14 Å². The van der Waals surface area contributed by atoms with Gasteiger partial charge in [-0.25, -0.2) is 13.6 Å². The molecule has 0 saturated heterocycles. The highest BCUT2D eigenvalue weighted by molar-refractivity contribution is 7.89. The van der Waals surface area contributed by atoms with Crippen molar-refractivity contribution in [3.63, 3.8) is 0 Å². The number of ether oxygens (including phenoxy) is 1. The second-order valence-corrected chi connectivity index (χ2v) is 5.19. The predicted octanol–water partition coefficient (Wildman–Crippen LogP) is 0.694. The van der Waals surface area contributed by atoms with Crippen LogP contribution in [0, 0.1) is 12.3 Å². The molecule has 19 heavy (non-hydrogen) atoms. The molecule has 0 aliphatic heterocycles. The summed E-state index contributed by atoms with van der Waals surface area (Å²) in [5.41, 5.74) is 0.312. The number of amides is 1. The molecule has 7 heteroatoms. The van der Waals surface area contributed by atoms with Gasteiger partial charge in [0.25, 0.3) is 0 Å². The Balaban J connectivity index is 3.00. The van der Waals surface area contributed by atoms with E-state index in [0.717, 1.165) is 0 Å². The lowest BCUT2D eigenvalue weighted by Gasteiger charge is -2.10. The van der Waals surface area contributed by atoms with Gasteiger partial charge in [0, 0.05) is 18.5 Å². The molecule has 0 heterocycles. The molecule has 0 aliphatic carbocycles. The second-order valence-electron chi connectivity index (χ2n) is 3.66. The number of carbonyl (C=O) groups is 1.